The van der Waals surface area contributed by atoms with Gasteiger partial charge in [-0.25, -0.2) is 8.42 Å². The molecule has 6 heteroatoms. The van der Waals surface area contributed by atoms with Crippen LogP contribution >= 0.6 is 11.6 Å². The molecule has 1 aliphatic rings. The molecule has 1 atom stereocenters. The number of hydrogen-bond acceptors (Lipinski definition) is 2. The molecule has 1 unspecified atom stereocenters. The fourth-order valence-electron chi connectivity index (χ4n) is 3.09. The molecule has 23 heavy (non-hydrogen) atoms. The zero-order valence-corrected chi connectivity index (χ0v) is 14.8. The first-order valence-corrected chi connectivity index (χ1v) is 9.54. The lowest BCUT2D eigenvalue weighted by Crippen LogP contribution is -3.05. The van der Waals surface area contributed by atoms with Crippen molar-refractivity contribution in [2.24, 2.45) is 0 Å². The fraction of sp³-hybridized carbons (Fsp3) is 0.294. The van der Waals surface area contributed by atoms with Crippen LogP contribution in [0.1, 0.15) is 18.1 Å². The maximum Gasteiger partial charge on any atom is 0.262 e. The number of quaternary nitrogens is 1. The van der Waals surface area contributed by atoms with Crippen LogP contribution in [0.2, 0.25) is 5.02 Å². The maximum atomic E-state index is 12.6. The first-order valence-electron chi connectivity index (χ1n) is 7.68. The van der Waals surface area contributed by atoms with Crippen molar-refractivity contribution >= 4 is 33.0 Å². The van der Waals surface area contributed by atoms with Crippen molar-refractivity contribution in [2.75, 3.05) is 17.8 Å². The lowest BCUT2D eigenvalue weighted by Gasteiger charge is -2.13. The van der Waals surface area contributed by atoms with E-state index in [1.807, 2.05) is 18.2 Å². The molecular formula is C17H20ClN2O2S+. The third kappa shape index (κ3) is 3.09. The third-order valence-electron chi connectivity index (χ3n) is 4.37. The molecule has 0 bridgehead atoms. The molecule has 2 N–H and O–H groups in total. The van der Waals surface area contributed by atoms with Gasteiger partial charge >= 0.3 is 0 Å². The van der Waals surface area contributed by atoms with E-state index in [1.54, 1.807) is 25.1 Å². The Bertz CT molecular complexity index is 850. The van der Waals surface area contributed by atoms with Gasteiger partial charge in [0, 0.05) is 28.8 Å². The lowest BCUT2D eigenvalue weighted by molar-refractivity contribution is -0.823. The minimum absolute atomic E-state index is 0.214. The molecule has 0 aromatic heterocycles. The average Bonchev–Trinajstić information content (AvgIpc) is 2.91. The highest BCUT2D eigenvalue weighted by atomic mass is 35.5. The molecule has 0 amide bonds. The highest BCUT2D eigenvalue weighted by Crippen LogP contribution is 2.27. The molecule has 2 aromatic rings. The van der Waals surface area contributed by atoms with Crippen molar-refractivity contribution in [1.82, 2.24) is 0 Å². The minimum atomic E-state index is -3.64. The largest absolute Gasteiger partial charge is 0.302 e. The summed E-state index contributed by atoms with van der Waals surface area (Å²) in [6, 6.07) is 10.7. The van der Waals surface area contributed by atoms with Crippen LogP contribution in [0.5, 0.6) is 0 Å². The number of rotatable bonds is 4. The van der Waals surface area contributed by atoms with Crippen molar-refractivity contribution in [3.8, 4) is 0 Å². The number of anilines is 1. The number of halogens is 1. The van der Waals surface area contributed by atoms with E-state index in [-0.39, 0.29) is 4.90 Å². The standard InChI is InChI=1S/C17H19ClN2O2S/c1-3-20-10-9-13-11-14(7-8-16(13)20)19-23(21,22)17-6-4-5-15(18)12(17)2/h4-8,11,19H,3,9-10H2,1-2H3/p+1. The summed E-state index contributed by atoms with van der Waals surface area (Å²) in [5, 5.41) is 0.448. The van der Waals surface area contributed by atoms with Crippen molar-refractivity contribution in [3.63, 3.8) is 0 Å². The van der Waals surface area contributed by atoms with E-state index in [9.17, 15) is 8.42 Å². The Kier molecular flexibility index (Phi) is 4.36. The van der Waals surface area contributed by atoms with E-state index in [2.05, 4.69) is 11.6 Å². The summed E-state index contributed by atoms with van der Waals surface area (Å²) >= 11 is 6.04. The third-order valence-corrected chi connectivity index (χ3v) is 6.30. The van der Waals surface area contributed by atoms with Crippen LogP contribution < -0.4 is 9.62 Å². The number of nitrogens with one attached hydrogen (secondary N) is 2. The first-order chi connectivity index (χ1) is 10.9. The second kappa shape index (κ2) is 6.15. The highest BCUT2D eigenvalue weighted by molar-refractivity contribution is 7.92. The smallest absolute Gasteiger partial charge is 0.262 e. The molecule has 0 radical (unpaired) electrons. The number of hydrogen-bond donors (Lipinski definition) is 2. The zero-order chi connectivity index (χ0) is 16.6. The Balaban J connectivity index is 1.91. The van der Waals surface area contributed by atoms with Crippen molar-refractivity contribution < 1.29 is 13.3 Å². The number of likely N-dealkylation sites (N-methyl/N-ethyl adjacent to an activating group) is 1. The summed E-state index contributed by atoms with van der Waals surface area (Å²) in [7, 11) is -3.64. The second-order valence-electron chi connectivity index (χ2n) is 5.80. The van der Waals surface area contributed by atoms with Gasteiger partial charge in [0.25, 0.3) is 10.0 Å². The summed E-state index contributed by atoms with van der Waals surface area (Å²) < 4.78 is 27.9. The van der Waals surface area contributed by atoms with Gasteiger partial charge in [-0.05, 0) is 43.7 Å². The Hall–Kier alpha value is -1.56. The van der Waals surface area contributed by atoms with Crippen LogP contribution in [-0.2, 0) is 16.4 Å². The summed E-state index contributed by atoms with van der Waals surface area (Å²) in [4.78, 5) is 1.66. The maximum absolute atomic E-state index is 12.6. The Morgan fingerprint density at radius 3 is 2.78 bits per heavy atom. The molecule has 0 fully saturated rings. The Labute approximate surface area is 142 Å². The molecule has 0 aliphatic carbocycles. The summed E-state index contributed by atoms with van der Waals surface area (Å²) in [5.74, 6) is 0. The van der Waals surface area contributed by atoms with Crippen molar-refractivity contribution in [2.45, 2.75) is 25.2 Å². The number of fused-ring (bicyclic) bond motifs is 1. The second-order valence-corrected chi connectivity index (χ2v) is 7.86. The first kappa shape index (κ1) is 16.3. The van der Waals surface area contributed by atoms with Gasteiger partial charge < -0.3 is 4.90 Å². The summed E-state index contributed by atoms with van der Waals surface area (Å²) in [6.45, 7) is 5.97. The Morgan fingerprint density at radius 1 is 1.26 bits per heavy atom. The lowest BCUT2D eigenvalue weighted by atomic mass is 10.1. The van der Waals surface area contributed by atoms with Gasteiger partial charge in [-0.2, -0.15) is 0 Å². The van der Waals surface area contributed by atoms with Gasteiger partial charge in [-0.3, -0.25) is 4.72 Å². The number of sulfonamides is 1. The topological polar surface area (TPSA) is 50.6 Å². The van der Waals surface area contributed by atoms with E-state index in [0.717, 1.165) is 19.5 Å². The molecule has 0 saturated carbocycles. The van der Waals surface area contributed by atoms with Crippen LogP contribution in [0.3, 0.4) is 0 Å². The molecular weight excluding hydrogens is 332 g/mol. The molecule has 1 aliphatic heterocycles. The Morgan fingerprint density at radius 2 is 2.04 bits per heavy atom. The van der Waals surface area contributed by atoms with E-state index >= 15 is 0 Å². The van der Waals surface area contributed by atoms with Gasteiger partial charge in [-0.1, -0.05) is 17.7 Å². The van der Waals surface area contributed by atoms with E-state index in [0.29, 0.717) is 16.3 Å². The monoisotopic (exact) mass is 351 g/mol. The molecule has 2 aromatic carbocycles. The molecule has 0 spiro atoms. The van der Waals surface area contributed by atoms with Gasteiger partial charge in [0.1, 0.15) is 5.69 Å². The van der Waals surface area contributed by atoms with Crippen molar-refractivity contribution in [3.05, 3.63) is 52.5 Å². The highest BCUT2D eigenvalue weighted by Gasteiger charge is 2.24. The molecule has 3 rings (SSSR count). The summed E-state index contributed by atoms with van der Waals surface area (Å²) in [6.07, 6.45) is 0.976. The van der Waals surface area contributed by atoms with Crippen LogP contribution in [-0.4, -0.2) is 21.5 Å². The predicted octanol–water partition coefficient (Wildman–Crippen LogP) is 2.54. The molecule has 4 nitrogen and oxygen atoms in total. The van der Waals surface area contributed by atoms with Gasteiger partial charge in [0.05, 0.1) is 18.0 Å². The van der Waals surface area contributed by atoms with Crippen LogP contribution in [0.4, 0.5) is 11.4 Å². The van der Waals surface area contributed by atoms with Crippen LogP contribution in [0.15, 0.2) is 41.3 Å². The number of benzene rings is 2. The average molecular weight is 352 g/mol. The minimum Gasteiger partial charge on any atom is -0.302 e. The van der Waals surface area contributed by atoms with Crippen LogP contribution in [0, 0.1) is 6.92 Å². The van der Waals surface area contributed by atoms with Crippen molar-refractivity contribution in [1.29, 1.82) is 0 Å². The van der Waals surface area contributed by atoms with Gasteiger partial charge in [-0.15, -0.1) is 0 Å². The quantitative estimate of drug-likeness (QED) is 0.889. The van der Waals surface area contributed by atoms with E-state index < -0.39 is 10.0 Å². The van der Waals surface area contributed by atoms with Crippen LogP contribution in [0.25, 0.3) is 0 Å². The summed E-state index contributed by atoms with van der Waals surface area (Å²) in [5.41, 5.74) is 3.64. The normalized spacial score (nSPS) is 17.1. The molecule has 0 saturated heterocycles. The zero-order valence-electron chi connectivity index (χ0n) is 13.2. The van der Waals surface area contributed by atoms with E-state index in [4.69, 9.17) is 11.6 Å². The fourth-order valence-corrected chi connectivity index (χ4v) is 4.63. The SMILES string of the molecule is CC[NH+]1CCc2cc(NS(=O)(=O)c3cccc(Cl)c3C)ccc21. The predicted molar refractivity (Wildman–Crippen MR) is 93.2 cm³/mol. The van der Waals surface area contributed by atoms with Gasteiger partial charge in [0.15, 0.2) is 0 Å². The van der Waals surface area contributed by atoms with E-state index in [1.165, 1.54) is 16.2 Å². The molecule has 1 heterocycles. The van der Waals surface area contributed by atoms with Gasteiger partial charge in [0.2, 0.25) is 0 Å². The molecule has 122 valence electrons.